The molecule has 0 spiro atoms. The normalized spacial score (nSPS) is 11.5. The van der Waals surface area contributed by atoms with E-state index >= 15 is 0 Å². The van der Waals surface area contributed by atoms with Gasteiger partial charge in [0, 0.05) is 12.8 Å². The molecule has 0 aliphatic rings. The third-order valence-corrected chi connectivity index (χ3v) is 3.20. The van der Waals surface area contributed by atoms with Crippen LogP contribution in [0.3, 0.4) is 0 Å². The lowest BCUT2D eigenvalue weighted by molar-refractivity contribution is 0.322. The van der Waals surface area contributed by atoms with Crippen LogP contribution in [-0.2, 0) is 16.4 Å². The zero-order valence-corrected chi connectivity index (χ0v) is 11.4. The van der Waals surface area contributed by atoms with Crippen molar-refractivity contribution in [1.82, 2.24) is 5.32 Å². The van der Waals surface area contributed by atoms with E-state index in [2.05, 4.69) is 5.32 Å². The summed E-state index contributed by atoms with van der Waals surface area (Å²) in [6, 6.07) is 4.66. The summed E-state index contributed by atoms with van der Waals surface area (Å²) in [6.07, 6.45) is 1.12. The van der Waals surface area contributed by atoms with Crippen molar-refractivity contribution in [3.8, 4) is 5.75 Å². The maximum atomic E-state index is 13.6. The van der Waals surface area contributed by atoms with Gasteiger partial charge in [-0.15, -0.1) is 0 Å². The van der Waals surface area contributed by atoms with Crippen molar-refractivity contribution in [2.75, 3.05) is 25.2 Å². The van der Waals surface area contributed by atoms with Gasteiger partial charge in [0.15, 0.2) is 21.4 Å². The highest BCUT2D eigenvalue weighted by atomic mass is 32.2. The van der Waals surface area contributed by atoms with Crippen molar-refractivity contribution >= 4 is 9.84 Å². The third-order valence-electron chi connectivity index (χ3n) is 2.29. The summed E-state index contributed by atoms with van der Waals surface area (Å²) in [5.74, 6) is -0.510. The minimum atomic E-state index is -3.08. The highest BCUT2D eigenvalue weighted by molar-refractivity contribution is 7.90. The summed E-state index contributed by atoms with van der Waals surface area (Å²) in [5.41, 5.74) is 0.824. The summed E-state index contributed by atoms with van der Waals surface area (Å²) >= 11 is 0. The van der Waals surface area contributed by atoms with Gasteiger partial charge in [-0.1, -0.05) is 13.0 Å². The van der Waals surface area contributed by atoms with Gasteiger partial charge in [-0.2, -0.15) is 0 Å². The lowest BCUT2D eigenvalue weighted by Crippen LogP contribution is -2.13. The van der Waals surface area contributed by atoms with Crippen molar-refractivity contribution in [3.63, 3.8) is 0 Å². The first-order valence-corrected chi connectivity index (χ1v) is 7.78. The molecule has 18 heavy (non-hydrogen) atoms. The van der Waals surface area contributed by atoms with E-state index in [9.17, 15) is 12.8 Å². The second-order valence-electron chi connectivity index (χ2n) is 4.02. The molecule has 0 amide bonds. The quantitative estimate of drug-likeness (QED) is 0.816. The molecule has 1 aromatic carbocycles. The molecule has 0 heterocycles. The van der Waals surface area contributed by atoms with Crippen LogP contribution in [0, 0.1) is 5.82 Å². The molecule has 0 aromatic heterocycles. The monoisotopic (exact) mass is 275 g/mol. The lowest BCUT2D eigenvalue weighted by Gasteiger charge is -2.08. The zero-order valence-electron chi connectivity index (χ0n) is 10.6. The van der Waals surface area contributed by atoms with E-state index in [0.717, 1.165) is 18.4 Å². The van der Waals surface area contributed by atoms with Crippen LogP contribution in [0.1, 0.15) is 12.5 Å². The lowest BCUT2D eigenvalue weighted by atomic mass is 10.2. The van der Waals surface area contributed by atoms with Crippen molar-refractivity contribution in [2.24, 2.45) is 0 Å². The van der Waals surface area contributed by atoms with Crippen molar-refractivity contribution < 1.29 is 17.5 Å². The molecule has 1 aromatic rings. The van der Waals surface area contributed by atoms with E-state index in [-0.39, 0.29) is 18.1 Å². The first-order chi connectivity index (χ1) is 8.42. The highest BCUT2D eigenvalue weighted by Crippen LogP contribution is 2.18. The fraction of sp³-hybridized carbons (Fsp3) is 0.500. The molecule has 0 fully saturated rings. The summed E-state index contributed by atoms with van der Waals surface area (Å²) < 4.78 is 40.5. The molecular formula is C12H18FNO3S. The van der Waals surface area contributed by atoms with Crippen molar-refractivity contribution in [1.29, 1.82) is 0 Å². The van der Waals surface area contributed by atoms with E-state index < -0.39 is 15.7 Å². The maximum Gasteiger partial charge on any atom is 0.165 e. The number of rotatable bonds is 7. The van der Waals surface area contributed by atoms with Crippen LogP contribution in [0.5, 0.6) is 5.75 Å². The van der Waals surface area contributed by atoms with Crippen LogP contribution < -0.4 is 10.1 Å². The molecule has 0 atom stereocenters. The standard InChI is InChI=1S/C12H18FNO3S/c1-3-14-9-10-4-5-12(11(13)8-10)17-6-7-18(2,15)16/h4-5,8,14H,3,6-7,9H2,1-2H3. The number of ether oxygens (including phenoxy) is 1. The SMILES string of the molecule is CCNCc1ccc(OCCS(C)(=O)=O)c(F)c1. The van der Waals surface area contributed by atoms with E-state index in [1.807, 2.05) is 6.92 Å². The van der Waals surface area contributed by atoms with E-state index in [1.165, 1.54) is 12.1 Å². The van der Waals surface area contributed by atoms with Gasteiger partial charge in [0.2, 0.25) is 0 Å². The molecule has 0 bridgehead atoms. The molecule has 102 valence electrons. The third kappa shape index (κ3) is 5.46. The van der Waals surface area contributed by atoms with Gasteiger partial charge >= 0.3 is 0 Å². The molecular weight excluding hydrogens is 257 g/mol. The summed E-state index contributed by atoms with van der Waals surface area (Å²) in [5, 5.41) is 3.09. The molecule has 0 saturated heterocycles. The Morgan fingerprint density at radius 1 is 1.39 bits per heavy atom. The number of hydrogen-bond acceptors (Lipinski definition) is 4. The van der Waals surface area contributed by atoms with Crippen LogP contribution in [0.15, 0.2) is 18.2 Å². The predicted octanol–water partition coefficient (Wildman–Crippen LogP) is 1.36. The number of sulfone groups is 1. The summed E-state index contributed by atoms with van der Waals surface area (Å²) in [4.78, 5) is 0. The van der Waals surface area contributed by atoms with Crippen LogP contribution in [0.25, 0.3) is 0 Å². The van der Waals surface area contributed by atoms with Crippen molar-refractivity contribution in [2.45, 2.75) is 13.5 Å². The van der Waals surface area contributed by atoms with E-state index in [1.54, 1.807) is 6.07 Å². The van der Waals surface area contributed by atoms with E-state index in [4.69, 9.17) is 4.74 Å². The fourth-order valence-electron chi connectivity index (χ4n) is 1.34. The first-order valence-electron chi connectivity index (χ1n) is 5.72. The van der Waals surface area contributed by atoms with Crippen LogP contribution >= 0.6 is 0 Å². The largest absolute Gasteiger partial charge is 0.489 e. The first kappa shape index (κ1) is 14.9. The molecule has 0 aliphatic heterocycles. The molecule has 0 aliphatic carbocycles. The predicted molar refractivity (Wildman–Crippen MR) is 69.0 cm³/mol. The van der Waals surface area contributed by atoms with Crippen LogP contribution in [0.4, 0.5) is 4.39 Å². The number of halogens is 1. The van der Waals surface area contributed by atoms with Crippen LogP contribution in [0.2, 0.25) is 0 Å². The van der Waals surface area contributed by atoms with Gasteiger partial charge in [-0.25, -0.2) is 12.8 Å². The van der Waals surface area contributed by atoms with Gasteiger partial charge in [0.1, 0.15) is 6.61 Å². The Morgan fingerprint density at radius 2 is 2.11 bits per heavy atom. The summed E-state index contributed by atoms with van der Waals surface area (Å²) in [6.45, 7) is 3.34. The Kier molecular flexibility index (Phi) is 5.55. The Hall–Kier alpha value is -1.14. The Bertz CT molecular complexity index is 488. The second kappa shape index (κ2) is 6.70. The minimum absolute atomic E-state index is 0.0394. The second-order valence-corrected chi connectivity index (χ2v) is 6.28. The molecule has 0 saturated carbocycles. The molecule has 1 N–H and O–H groups in total. The topological polar surface area (TPSA) is 55.4 Å². The van der Waals surface area contributed by atoms with Gasteiger partial charge < -0.3 is 10.1 Å². The van der Waals surface area contributed by atoms with Crippen molar-refractivity contribution in [3.05, 3.63) is 29.6 Å². The fourth-order valence-corrected chi connectivity index (χ4v) is 1.73. The molecule has 1 rings (SSSR count). The average molecular weight is 275 g/mol. The van der Waals surface area contributed by atoms with Gasteiger partial charge in [-0.3, -0.25) is 0 Å². The highest BCUT2D eigenvalue weighted by Gasteiger charge is 2.07. The molecule has 4 nitrogen and oxygen atoms in total. The van der Waals surface area contributed by atoms with Gasteiger partial charge in [0.05, 0.1) is 5.75 Å². The number of nitrogens with one attached hydrogen (secondary N) is 1. The number of benzene rings is 1. The number of hydrogen-bond donors (Lipinski definition) is 1. The Balaban J connectivity index is 2.57. The summed E-state index contributed by atoms with van der Waals surface area (Å²) in [7, 11) is -3.08. The smallest absolute Gasteiger partial charge is 0.165 e. The Morgan fingerprint density at radius 3 is 2.67 bits per heavy atom. The van der Waals surface area contributed by atoms with Crippen LogP contribution in [-0.4, -0.2) is 33.6 Å². The Labute approximate surface area is 107 Å². The van der Waals surface area contributed by atoms with Gasteiger partial charge in [0.25, 0.3) is 0 Å². The van der Waals surface area contributed by atoms with Gasteiger partial charge in [-0.05, 0) is 24.2 Å². The minimum Gasteiger partial charge on any atom is -0.489 e. The zero-order chi connectivity index (χ0) is 13.6. The molecule has 0 unspecified atom stereocenters. The maximum absolute atomic E-state index is 13.6. The average Bonchev–Trinajstić information content (AvgIpc) is 2.27. The van der Waals surface area contributed by atoms with E-state index in [0.29, 0.717) is 6.54 Å². The molecule has 0 radical (unpaired) electrons. The molecule has 6 heteroatoms.